The maximum atomic E-state index is 11.0. The van der Waals surface area contributed by atoms with E-state index in [2.05, 4.69) is 9.82 Å². The van der Waals surface area contributed by atoms with E-state index in [9.17, 15) is 8.42 Å². The van der Waals surface area contributed by atoms with Crippen molar-refractivity contribution in [2.75, 3.05) is 6.26 Å². The van der Waals surface area contributed by atoms with Gasteiger partial charge < -0.3 is 0 Å². The van der Waals surface area contributed by atoms with E-state index >= 15 is 0 Å². The van der Waals surface area contributed by atoms with Crippen molar-refractivity contribution in [2.24, 2.45) is 0 Å². The molecular formula is C8H13N3O2S. The summed E-state index contributed by atoms with van der Waals surface area (Å²) in [5, 5.41) is 4.13. The molecule has 1 aliphatic rings. The van der Waals surface area contributed by atoms with Crippen molar-refractivity contribution in [1.82, 2.24) is 14.5 Å². The molecule has 1 N–H and O–H groups in total. The molecule has 0 aliphatic carbocycles. The molecule has 0 radical (unpaired) electrons. The number of nitrogens with one attached hydrogen (secondary N) is 1. The maximum absolute atomic E-state index is 11.0. The molecule has 78 valence electrons. The summed E-state index contributed by atoms with van der Waals surface area (Å²) in [6, 6.07) is 1.95. The van der Waals surface area contributed by atoms with Crippen LogP contribution >= 0.6 is 0 Å². The first-order valence-corrected chi connectivity index (χ1v) is 6.42. The van der Waals surface area contributed by atoms with Crippen LogP contribution in [-0.2, 0) is 23.0 Å². The minimum atomic E-state index is -3.09. The van der Waals surface area contributed by atoms with Crippen LogP contribution in [0.5, 0.6) is 0 Å². The van der Waals surface area contributed by atoms with Gasteiger partial charge in [0, 0.05) is 30.9 Å². The van der Waals surface area contributed by atoms with Crippen LogP contribution in [-0.4, -0.2) is 30.5 Å². The molecule has 0 fully saturated rings. The summed E-state index contributed by atoms with van der Waals surface area (Å²) in [6.45, 7) is 0.787. The number of hydrogen-bond donors (Lipinski definition) is 1. The summed E-state index contributed by atoms with van der Waals surface area (Å²) in [4.78, 5) is 0. The fourth-order valence-electron chi connectivity index (χ4n) is 1.77. The minimum absolute atomic E-state index is 0.0224. The highest BCUT2D eigenvalue weighted by molar-refractivity contribution is 7.88. The maximum Gasteiger partial charge on any atom is 0.208 e. The van der Waals surface area contributed by atoms with Gasteiger partial charge in [0.05, 0.1) is 6.26 Å². The monoisotopic (exact) mass is 215 g/mol. The quantitative estimate of drug-likeness (QED) is 0.739. The van der Waals surface area contributed by atoms with Crippen LogP contribution < -0.4 is 4.72 Å². The molecule has 0 aromatic carbocycles. The van der Waals surface area contributed by atoms with Crippen molar-refractivity contribution in [1.29, 1.82) is 0 Å². The summed E-state index contributed by atoms with van der Waals surface area (Å²) < 4.78 is 26.6. The Morgan fingerprint density at radius 3 is 3.14 bits per heavy atom. The lowest BCUT2D eigenvalue weighted by Crippen LogP contribution is -2.39. The van der Waals surface area contributed by atoms with Crippen molar-refractivity contribution >= 4 is 10.0 Å². The second-order valence-corrected chi connectivity index (χ2v) is 5.41. The summed E-state index contributed by atoms with van der Waals surface area (Å²) >= 11 is 0. The summed E-state index contributed by atoms with van der Waals surface area (Å²) in [5.41, 5.74) is 1.09. The van der Waals surface area contributed by atoms with Crippen LogP contribution in [0.25, 0.3) is 0 Å². The molecule has 14 heavy (non-hydrogen) atoms. The lowest BCUT2D eigenvalue weighted by atomic mass is 10.1. The Morgan fingerprint density at radius 1 is 1.64 bits per heavy atom. The van der Waals surface area contributed by atoms with Gasteiger partial charge in [0.15, 0.2) is 0 Å². The molecule has 0 spiro atoms. The molecule has 0 saturated carbocycles. The fraction of sp³-hybridized carbons (Fsp3) is 0.625. The standard InChI is InChI=1S/C8H13N3O2S/c1-14(12,13)10-7-3-5-11-8(6-7)2-4-9-11/h2,4,7,10H,3,5-6H2,1H3/t7-/m1/s1. The number of sulfonamides is 1. The zero-order valence-electron chi connectivity index (χ0n) is 7.97. The average Bonchev–Trinajstić information content (AvgIpc) is 2.47. The Morgan fingerprint density at radius 2 is 2.43 bits per heavy atom. The van der Waals surface area contributed by atoms with Gasteiger partial charge >= 0.3 is 0 Å². The number of nitrogens with zero attached hydrogens (tertiary/aromatic N) is 2. The first kappa shape index (κ1) is 9.67. The molecule has 0 bridgehead atoms. The number of aromatic nitrogens is 2. The number of rotatable bonds is 2. The molecule has 0 saturated heterocycles. The normalized spacial score (nSPS) is 21.9. The summed E-state index contributed by atoms with van der Waals surface area (Å²) in [6.07, 6.45) is 4.48. The lowest BCUT2D eigenvalue weighted by Gasteiger charge is -2.23. The summed E-state index contributed by atoms with van der Waals surface area (Å²) in [7, 11) is -3.09. The highest BCUT2D eigenvalue weighted by Crippen LogP contribution is 2.13. The molecular weight excluding hydrogens is 202 g/mol. The lowest BCUT2D eigenvalue weighted by molar-refractivity contribution is 0.415. The largest absolute Gasteiger partial charge is 0.269 e. The smallest absolute Gasteiger partial charge is 0.208 e. The predicted molar refractivity (Wildman–Crippen MR) is 52.3 cm³/mol. The summed E-state index contributed by atoms with van der Waals surface area (Å²) in [5.74, 6) is 0. The van der Waals surface area contributed by atoms with Crippen LogP contribution in [0, 0.1) is 0 Å². The fourth-order valence-corrected chi connectivity index (χ4v) is 2.58. The third-order valence-electron chi connectivity index (χ3n) is 2.33. The van der Waals surface area contributed by atoms with E-state index in [0.29, 0.717) is 0 Å². The average molecular weight is 215 g/mol. The number of hydrogen-bond acceptors (Lipinski definition) is 3. The highest BCUT2D eigenvalue weighted by atomic mass is 32.2. The SMILES string of the molecule is CS(=O)(=O)N[C@@H]1CCn2nccc2C1. The first-order valence-electron chi connectivity index (χ1n) is 4.52. The zero-order chi connectivity index (χ0) is 10.2. The van der Waals surface area contributed by atoms with Gasteiger partial charge in [0.1, 0.15) is 0 Å². The van der Waals surface area contributed by atoms with Gasteiger partial charge in [-0.15, -0.1) is 0 Å². The van der Waals surface area contributed by atoms with Crippen LogP contribution in [0.1, 0.15) is 12.1 Å². The van der Waals surface area contributed by atoms with Gasteiger partial charge in [-0.3, -0.25) is 4.68 Å². The van der Waals surface area contributed by atoms with Crippen LogP contribution in [0.4, 0.5) is 0 Å². The second-order valence-electron chi connectivity index (χ2n) is 3.63. The van der Waals surface area contributed by atoms with E-state index in [1.165, 1.54) is 6.26 Å². The van der Waals surface area contributed by atoms with Gasteiger partial charge in [0.2, 0.25) is 10.0 Å². The molecule has 0 amide bonds. The Kier molecular flexibility index (Phi) is 2.32. The van der Waals surface area contributed by atoms with E-state index in [-0.39, 0.29) is 6.04 Å². The molecule has 5 nitrogen and oxygen atoms in total. The van der Waals surface area contributed by atoms with E-state index in [1.807, 2.05) is 10.7 Å². The van der Waals surface area contributed by atoms with Crippen molar-refractivity contribution in [3.8, 4) is 0 Å². The Labute approximate surface area is 83.2 Å². The van der Waals surface area contributed by atoms with Crippen LogP contribution in [0.3, 0.4) is 0 Å². The molecule has 2 heterocycles. The minimum Gasteiger partial charge on any atom is -0.269 e. The van der Waals surface area contributed by atoms with Gasteiger partial charge in [0.25, 0.3) is 0 Å². The van der Waals surface area contributed by atoms with E-state index < -0.39 is 10.0 Å². The zero-order valence-corrected chi connectivity index (χ0v) is 8.79. The third kappa shape index (κ3) is 2.13. The third-order valence-corrected chi connectivity index (χ3v) is 3.09. The Balaban J connectivity index is 2.08. The van der Waals surface area contributed by atoms with Gasteiger partial charge in [-0.25, -0.2) is 13.1 Å². The molecule has 1 aromatic rings. The topological polar surface area (TPSA) is 64.0 Å². The van der Waals surface area contributed by atoms with Crippen molar-refractivity contribution in [3.63, 3.8) is 0 Å². The molecule has 0 unspecified atom stereocenters. The molecule has 2 rings (SSSR count). The molecule has 6 heteroatoms. The Bertz CT molecular complexity index is 424. The van der Waals surface area contributed by atoms with Gasteiger partial charge in [-0.1, -0.05) is 0 Å². The van der Waals surface area contributed by atoms with Crippen molar-refractivity contribution < 1.29 is 8.42 Å². The van der Waals surface area contributed by atoms with Crippen LogP contribution in [0.15, 0.2) is 12.3 Å². The van der Waals surface area contributed by atoms with Crippen molar-refractivity contribution in [3.05, 3.63) is 18.0 Å². The van der Waals surface area contributed by atoms with Gasteiger partial charge in [-0.2, -0.15) is 5.10 Å². The predicted octanol–water partition coefficient (Wildman–Crippen LogP) is -0.253. The Hall–Kier alpha value is -0.880. The number of aryl methyl sites for hydroxylation is 1. The molecule has 1 aliphatic heterocycles. The van der Waals surface area contributed by atoms with E-state index in [4.69, 9.17) is 0 Å². The van der Waals surface area contributed by atoms with Crippen LogP contribution in [0.2, 0.25) is 0 Å². The number of fused-ring (bicyclic) bond motifs is 1. The van der Waals surface area contributed by atoms with E-state index in [0.717, 1.165) is 25.1 Å². The van der Waals surface area contributed by atoms with E-state index in [1.54, 1.807) is 6.20 Å². The second kappa shape index (κ2) is 3.36. The van der Waals surface area contributed by atoms with Gasteiger partial charge in [-0.05, 0) is 12.5 Å². The van der Waals surface area contributed by atoms with Crippen molar-refractivity contribution in [2.45, 2.75) is 25.4 Å². The first-order chi connectivity index (χ1) is 6.54. The molecule has 1 atom stereocenters. The highest BCUT2D eigenvalue weighted by Gasteiger charge is 2.20. The molecule has 1 aromatic heterocycles.